The maximum absolute atomic E-state index is 13.4. The van der Waals surface area contributed by atoms with Gasteiger partial charge in [-0.1, -0.05) is 6.42 Å². The molecule has 2 aromatic heterocycles. The first-order valence-electron chi connectivity index (χ1n) is 12.9. The first kappa shape index (κ1) is 24.8. The molecule has 0 spiro atoms. The van der Waals surface area contributed by atoms with Crippen LogP contribution in [-0.4, -0.2) is 75.5 Å². The van der Waals surface area contributed by atoms with E-state index < -0.39 is 10.2 Å². The molecule has 1 aromatic carbocycles. The third-order valence-corrected chi connectivity index (χ3v) is 9.80. The molecule has 0 unspecified atom stereocenters. The minimum absolute atomic E-state index is 0.0310. The van der Waals surface area contributed by atoms with Gasteiger partial charge < -0.3 is 15.4 Å². The normalized spacial score (nSPS) is 24.5. The van der Waals surface area contributed by atoms with E-state index in [-0.39, 0.29) is 37.1 Å². The van der Waals surface area contributed by atoms with E-state index in [1.807, 2.05) is 31.2 Å². The minimum Gasteiger partial charge on any atom is -0.497 e. The first-order chi connectivity index (χ1) is 18.3. The number of methoxy groups -OCH3 is 1. The summed E-state index contributed by atoms with van der Waals surface area (Å²) in [5.41, 5.74) is 1.65. The van der Waals surface area contributed by atoms with Crippen molar-refractivity contribution in [3.63, 3.8) is 0 Å². The lowest BCUT2D eigenvalue weighted by molar-refractivity contribution is 0.0983. The van der Waals surface area contributed by atoms with E-state index in [0.717, 1.165) is 35.9 Å². The van der Waals surface area contributed by atoms with Gasteiger partial charge in [-0.15, -0.1) is 0 Å². The number of aromatic amines is 1. The fraction of sp³-hybridized carbons (Fsp3) is 0.520. The molecule has 6 rings (SSSR count). The topological polar surface area (TPSA) is 152 Å². The number of benzene rings is 1. The van der Waals surface area contributed by atoms with Crippen LogP contribution in [0.4, 0.5) is 17.6 Å². The van der Waals surface area contributed by atoms with E-state index in [9.17, 15) is 8.42 Å². The van der Waals surface area contributed by atoms with Gasteiger partial charge >= 0.3 is 0 Å². The van der Waals surface area contributed by atoms with Crippen LogP contribution in [0, 0.1) is 24.2 Å². The van der Waals surface area contributed by atoms with E-state index in [0.29, 0.717) is 36.2 Å². The first-order valence-corrected chi connectivity index (χ1v) is 14.3. The van der Waals surface area contributed by atoms with Crippen molar-refractivity contribution in [3.8, 4) is 11.8 Å². The number of nitriles is 1. The molecular formula is C25H31N9O3S. The summed E-state index contributed by atoms with van der Waals surface area (Å²) in [5.74, 6) is 2.24. The number of anilines is 3. The molecule has 2 bridgehead atoms. The lowest BCUT2D eigenvalue weighted by atomic mass is 9.84. The second-order valence-electron chi connectivity index (χ2n) is 10.4. The SMILES string of the molecule is COc1ccc2c(Nc3cc(C)[nH]n3)nc(N[C@@H]3C[C@H]4CCC[C@@H](C3)N4S(=O)(=O)N3CC(C#N)C3)nc2c1. The smallest absolute Gasteiger partial charge is 0.282 e. The largest absolute Gasteiger partial charge is 0.497 e. The Kier molecular flexibility index (Phi) is 6.33. The van der Waals surface area contributed by atoms with E-state index in [1.54, 1.807) is 11.4 Å². The molecular weight excluding hydrogens is 506 g/mol. The summed E-state index contributed by atoms with van der Waals surface area (Å²) in [6, 6.07) is 9.58. The summed E-state index contributed by atoms with van der Waals surface area (Å²) in [4.78, 5) is 9.56. The summed E-state index contributed by atoms with van der Waals surface area (Å²) < 4.78 is 35.4. The van der Waals surface area contributed by atoms with Crippen molar-refractivity contribution in [1.82, 2.24) is 28.8 Å². The highest BCUT2D eigenvalue weighted by atomic mass is 32.2. The molecule has 3 aliphatic rings. The monoisotopic (exact) mass is 537 g/mol. The molecule has 200 valence electrons. The summed E-state index contributed by atoms with van der Waals surface area (Å²) >= 11 is 0. The third-order valence-electron chi connectivity index (χ3n) is 7.72. The summed E-state index contributed by atoms with van der Waals surface area (Å²) in [6.45, 7) is 2.51. The summed E-state index contributed by atoms with van der Waals surface area (Å²) in [5, 5.41) is 23.9. The van der Waals surface area contributed by atoms with Gasteiger partial charge in [0.15, 0.2) is 5.82 Å². The van der Waals surface area contributed by atoms with Gasteiger partial charge in [-0.3, -0.25) is 5.10 Å². The van der Waals surface area contributed by atoms with Gasteiger partial charge in [-0.05, 0) is 44.7 Å². The Morgan fingerprint density at radius 1 is 1.16 bits per heavy atom. The van der Waals surface area contributed by atoms with Gasteiger partial charge in [0.2, 0.25) is 5.95 Å². The van der Waals surface area contributed by atoms with E-state index in [2.05, 4.69) is 26.9 Å². The van der Waals surface area contributed by atoms with Crippen LogP contribution in [0.15, 0.2) is 24.3 Å². The van der Waals surface area contributed by atoms with Crippen LogP contribution < -0.4 is 15.4 Å². The van der Waals surface area contributed by atoms with Gasteiger partial charge in [0.25, 0.3) is 10.2 Å². The van der Waals surface area contributed by atoms with Gasteiger partial charge in [-0.2, -0.15) is 32.4 Å². The molecule has 0 aliphatic carbocycles. The van der Waals surface area contributed by atoms with Crippen molar-refractivity contribution in [2.45, 2.75) is 57.2 Å². The highest BCUT2D eigenvalue weighted by Crippen LogP contribution is 2.39. The van der Waals surface area contributed by atoms with Crippen LogP contribution in [0.25, 0.3) is 10.9 Å². The Morgan fingerprint density at radius 3 is 2.58 bits per heavy atom. The number of hydrogen-bond donors (Lipinski definition) is 3. The van der Waals surface area contributed by atoms with Gasteiger partial charge in [-0.25, -0.2) is 4.98 Å². The molecule has 38 heavy (non-hydrogen) atoms. The number of aromatic nitrogens is 4. The molecule has 5 heterocycles. The molecule has 3 atom stereocenters. The lowest BCUT2D eigenvalue weighted by Crippen LogP contribution is -2.63. The molecule has 3 fully saturated rings. The average Bonchev–Trinajstić information content (AvgIpc) is 3.26. The van der Waals surface area contributed by atoms with Crippen molar-refractivity contribution < 1.29 is 13.2 Å². The van der Waals surface area contributed by atoms with Crippen molar-refractivity contribution >= 4 is 38.7 Å². The Labute approximate surface area is 221 Å². The van der Waals surface area contributed by atoms with Gasteiger partial charge in [0.05, 0.1) is 24.6 Å². The zero-order chi connectivity index (χ0) is 26.4. The van der Waals surface area contributed by atoms with Crippen LogP contribution in [0.2, 0.25) is 0 Å². The van der Waals surface area contributed by atoms with Crippen LogP contribution in [0.3, 0.4) is 0 Å². The molecule has 3 saturated heterocycles. The van der Waals surface area contributed by atoms with Crippen LogP contribution in [-0.2, 0) is 10.2 Å². The summed E-state index contributed by atoms with van der Waals surface area (Å²) in [6.07, 6.45) is 4.01. The second-order valence-corrected chi connectivity index (χ2v) is 12.2. The van der Waals surface area contributed by atoms with Gasteiger partial charge in [0, 0.05) is 54.4 Å². The third kappa shape index (κ3) is 4.53. The zero-order valence-corrected chi connectivity index (χ0v) is 22.2. The second kappa shape index (κ2) is 9.68. The standard InChI is InChI=1S/C25H31N9O3S/c1-15-8-23(32-31-15)29-24-21-7-6-20(37-2)11-22(21)28-25(30-24)27-17-9-18-4-3-5-19(10-17)34(18)38(35,36)33-13-16(12-26)14-33/h6-8,11,16-19H,3-5,9-10,13-14H2,1-2H3,(H3,27,28,29,30,31,32)/t17-,18-,19+. The number of rotatable bonds is 7. The molecule has 12 nitrogen and oxygen atoms in total. The zero-order valence-electron chi connectivity index (χ0n) is 21.4. The molecule has 13 heteroatoms. The number of fused-ring (bicyclic) bond motifs is 3. The van der Waals surface area contributed by atoms with Crippen molar-refractivity contribution in [3.05, 3.63) is 30.0 Å². The Hall–Kier alpha value is -3.47. The molecule has 3 N–H and O–H groups in total. The molecule has 0 saturated carbocycles. The number of aryl methyl sites for hydroxylation is 1. The highest BCUT2D eigenvalue weighted by molar-refractivity contribution is 7.86. The lowest BCUT2D eigenvalue weighted by Gasteiger charge is -2.50. The van der Waals surface area contributed by atoms with Crippen LogP contribution >= 0.6 is 0 Å². The number of ether oxygens (including phenoxy) is 1. The van der Waals surface area contributed by atoms with E-state index >= 15 is 0 Å². The van der Waals surface area contributed by atoms with Crippen molar-refractivity contribution in [2.24, 2.45) is 5.92 Å². The van der Waals surface area contributed by atoms with E-state index in [1.165, 1.54) is 4.31 Å². The number of hydrogen-bond acceptors (Lipinski definition) is 9. The molecule has 0 amide bonds. The predicted octanol–water partition coefficient (Wildman–Crippen LogP) is 2.91. The predicted molar refractivity (Wildman–Crippen MR) is 142 cm³/mol. The maximum Gasteiger partial charge on any atom is 0.282 e. The number of nitrogens with one attached hydrogen (secondary N) is 3. The fourth-order valence-corrected chi connectivity index (χ4v) is 8.00. The molecule has 3 aliphatic heterocycles. The van der Waals surface area contributed by atoms with Crippen molar-refractivity contribution in [1.29, 1.82) is 5.26 Å². The Morgan fingerprint density at radius 2 is 1.92 bits per heavy atom. The quantitative estimate of drug-likeness (QED) is 0.413. The van der Waals surface area contributed by atoms with Crippen LogP contribution in [0.5, 0.6) is 5.75 Å². The minimum atomic E-state index is -3.58. The highest BCUT2D eigenvalue weighted by Gasteiger charge is 2.49. The Bertz CT molecular complexity index is 1480. The van der Waals surface area contributed by atoms with Crippen molar-refractivity contribution in [2.75, 3.05) is 30.8 Å². The number of nitrogens with zero attached hydrogens (tertiary/aromatic N) is 6. The summed E-state index contributed by atoms with van der Waals surface area (Å²) in [7, 11) is -1.96. The van der Waals surface area contributed by atoms with E-state index in [4.69, 9.17) is 20.0 Å². The maximum atomic E-state index is 13.4. The average molecular weight is 538 g/mol. The molecule has 0 radical (unpaired) electrons. The number of piperidine rings is 2. The fourth-order valence-electron chi connectivity index (χ4n) is 5.86. The van der Waals surface area contributed by atoms with Gasteiger partial charge in [0.1, 0.15) is 11.6 Å². The Balaban J connectivity index is 1.25. The van der Waals surface area contributed by atoms with Crippen LogP contribution in [0.1, 0.15) is 37.8 Å². The molecule has 3 aromatic rings. The number of H-pyrrole nitrogens is 1.